The fraction of sp³-hybridized carbons (Fsp3) is 0.238. The van der Waals surface area contributed by atoms with E-state index in [2.05, 4.69) is 17.0 Å². The molecule has 130 valence electrons. The van der Waals surface area contributed by atoms with E-state index in [0.717, 1.165) is 18.1 Å². The Morgan fingerprint density at radius 1 is 0.880 bits per heavy atom. The van der Waals surface area contributed by atoms with Crippen LogP contribution in [-0.4, -0.2) is 29.3 Å². The monoisotopic (exact) mass is 337 g/mol. The lowest BCUT2D eigenvalue weighted by molar-refractivity contribution is 0.0605. The van der Waals surface area contributed by atoms with Crippen LogP contribution in [0.1, 0.15) is 11.3 Å². The summed E-state index contributed by atoms with van der Waals surface area (Å²) >= 11 is 0. The molecule has 2 aromatic carbocycles. The molecule has 0 aliphatic heterocycles. The van der Waals surface area contributed by atoms with E-state index < -0.39 is 6.10 Å². The summed E-state index contributed by atoms with van der Waals surface area (Å²) in [6, 6.07) is 23.6. The van der Waals surface area contributed by atoms with Gasteiger partial charge in [-0.1, -0.05) is 48.5 Å². The van der Waals surface area contributed by atoms with Gasteiger partial charge in [-0.2, -0.15) is 0 Å². The molecule has 0 aliphatic carbocycles. The minimum atomic E-state index is -0.584. The van der Waals surface area contributed by atoms with Crippen molar-refractivity contribution in [3.8, 4) is 5.75 Å². The van der Waals surface area contributed by atoms with Gasteiger partial charge in [0.2, 0.25) is 0 Å². The van der Waals surface area contributed by atoms with Crippen LogP contribution in [0.3, 0.4) is 0 Å². The van der Waals surface area contributed by atoms with Gasteiger partial charge in [-0.25, -0.2) is 0 Å². The van der Waals surface area contributed by atoms with Crippen LogP contribution in [0.2, 0.25) is 0 Å². The third-order valence-electron chi connectivity index (χ3n) is 3.86. The summed E-state index contributed by atoms with van der Waals surface area (Å²) in [7, 11) is 0. The Bertz CT molecular complexity index is 713. The molecule has 0 saturated heterocycles. The third-order valence-corrected chi connectivity index (χ3v) is 3.86. The van der Waals surface area contributed by atoms with E-state index in [1.165, 1.54) is 5.56 Å². The first-order chi connectivity index (χ1) is 12.3. The number of para-hydroxylation sites is 1. The van der Waals surface area contributed by atoms with Gasteiger partial charge in [0, 0.05) is 13.1 Å². The lowest BCUT2D eigenvalue weighted by Gasteiger charge is -2.24. The highest BCUT2D eigenvalue weighted by molar-refractivity contribution is 5.21. The molecule has 4 nitrogen and oxygen atoms in total. The molecule has 0 fully saturated rings. The molecule has 3 aromatic rings. The summed E-state index contributed by atoms with van der Waals surface area (Å²) in [6.45, 7) is 2.14. The van der Waals surface area contributed by atoms with Crippen LogP contribution >= 0.6 is 0 Å². The van der Waals surface area contributed by atoms with Crippen LogP contribution in [0.25, 0.3) is 0 Å². The van der Waals surface area contributed by atoms with Crippen molar-refractivity contribution in [1.82, 2.24) is 4.90 Å². The summed E-state index contributed by atoms with van der Waals surface area (Å²) in [5.74, 6) is 1.65. The smallest absolute Gasteiger partial charge is 0.119 e. The molecule has 0 radical (unpaired) electrons. The second-order valence-electron chi connectivity index (χ2n) is 6.01. The molecule has 3 rings (SSSR count). The highest BCUT2D eigenvalue weighted by Gasteiger charge is 2.15. The molecule has 1 atom stereocenters. The van der Waals surface area contributed by atoms with Crippen LogP contribution in [0.4, 0.5) is 0 Å². The fourth-order valence-corrected chi connectivity index (χ4v) is 2.71. The summed E-state index contributed by atoms with van der Waals surface area (Å²) in [6.07, 6.45) is 1.09. The standard InChI is InChI=1S/C21H23NO3/c23-19(17-25-20-10-5-2-6-11-20)15-22(16-21-12-7-13-24-21)14-18-8-3-1-4-9-18/h1-13,19,23H,14-17H2. The molecule has 1 N–H and O–H groups in total. The van der Waals surface area contributed by atoms with E-state index in [4.69, 9.17) is 9.15 Å². The van der Waals surface area contributed by atoms with Gasteiger partial charge in [0.15, 0.2) is 0 Å². The number of furan rings is 1. The van der Waals surface area contributed by atoms with Gasteiger partial charge in [-0.15, -0.1) is 0 Å². The van der Waals surface area contributed by atoms with Crippen molar-refractivity contribution in [2.24, 2.45) is 0 Å². The Morgan fingerprint density at radius 2 is 1.60 bits per heavy atom. The Morgan fingerprint density at radius 3 is 2.28 bits per heavy atom. The first kappa shape index (κ1) is 17.3. The van der Waals surface area contributed by atoms with Gasteiger partial charge in [-0.05, 0) is 29.8 Å². The van der Waals surface area contributed by atoms with E-state index in [1.807, 2.05) is 60.7 Å². The molecular weight excluding hydrogens is 314 g/mol. The highest BCUT2D eigenvalue weighted by atomic mass is 16.5. The lowest BCUT2D eigenvalue weighted by atomic mass is 10.2. The maximum Gasteiger partial charge on any atom is 0.119 e. The first-order valence-electron chi connectivity index (χ1n) is 8.44. The van der Waals surface area contributed by atoms with Gasteiger partial charge in [-0.3, -0.25) is 4.90 Å². The molecule has 0 bridgehead atoms. The van der Waals surface area contributed by atoms with E-state index >= 15 is 0 Å². The molecule has 4 heteroatoms. The molecule has 0 saturated carbocycles. The van der Waals surface area contributed by atoms with Crippen LogP contribution in [0.5, 0.6) is 5.75 Å². The number of rotatable bonds is 9. The van der Waals surface area contributed by atoms with Crippen molar-refractivity contribution in [2.45, 2.75) is 19.2 Å². The van der Waals surface area contributed by atoms with Crippen molar-refractivity contribution in [1.29, 1.82) is 0 Å². The van der Waals surface area contributed by atoms with E-state index in [-0.39, 0.29) is 6.61 Å². The quantitative estimate of drug-likeness (QED) is 0.646. The zero-order valence-electron chi connectivity index (χ0n) is 14.1. The zero-order valence-corrected chi connectivity index (χ0v) is 14.1. The molecule has 0 aliphatic rings. The lowest BCUT2D eigenvalue weighted by Crippen LogP contribution is -2.35. The van der Waals surface area contributed by atoms with Gasteiger partial charge in [0.25, 0.3) is 0 Å². The number of hydrogen-bond donors (Lipinski definition) is 1. The number of benzene rings is 2. The maximum absolute atomic E-state index is 10.4. The molecule has 1 aromatic heterocycles. The SMILES string of the molecule is OC(COc1ccccc1)CN(Cc1ccccc1)Cc1ccco1. The van der Waals surface area contributed by atoms with Crippen LogP contribution in [-0.2, 0) is 13.1 Å². The highest BCUT2D eigenvalue weighted by Crippen LogP contribution is 2.13. The number of hydrogen-bond acceptors (Lipinski definition) is 4. The van der Waals surface area contributed by atoms with Crippen LogP contribution in [0, 0.1) is 0 Å². The number of aliphatic hydroxyl groups excluding tert-OH is 1. The average molecular weight is 337 g/mol. The summed E-state index contributed by atoms with van der Waals surface area (Å²) in [5.41, 5.74) is 1.20. The maximum atomic E-state index is 10.4. The van der Waals surface area contributed by atoms with Gasteiger partial charge in [0.1, 0.15) is 24.2 Å². The summed E-state index contributed by atoms with van der Waals surface area (Å²) in [4.78, 5) is 2.16. The Labute approximate surface area is 148 Å². The average Bonchev–Trinajstić information content (AvgIpc) is 3.15. The van der Waals surface area contributed by atoms with Gasteiger partial charge < -0.3 is 14.3 Å². The number of nitrogens with zero attached hydrogens (tertiary/aromatic N) is 1. The van der Waals surface area contributed by atoms with Crippen molar-refractivity contribution in [2.75, 3.05) is 13.2 Å². The molecule has 1 heterocycles. The predicted molar refractivity (Wildman–Crippen MR) is 97.2 cm³/mol. The normalized spacial score (nSPS) is 12.2. The van der Waals surface area contributed by atoms with Gasteiger partial charge in [0.05, 0.1) is 12.8 Å². The van der Waals surface area contributed by atoms with Crippen LogP contribution < -0.4 is 4.74 Å². The van der Waals surface area contributed by atoms with Crippen molar-refractivity contribution in [3.63, 3.8) is 0 Å². The molecule has 25 heavy (non-hydrogen) atoms. The second kappa shape index (κ2) is 9.06. The van der Waals surface area contributed by atoms with E-state index in [0.29, 0.717) is 13.1 Å². The Kier molecular flexibility index (Phi) is 6.26. The predicted octanol–water partition coefficient (Wildman–Crippen LogP) is 3.72. The minimum absolute atomic E-state index is 0.257. The molecule has 0 amide bonds. The van der Waals surface area contributed by atoms with E-state index in [1.54, 1.807) is 6.26 Å². The summed E-state index contributed by atoms with van der Waals surface area (Å²) < 4.78 is 11.1. The number of ether oxygens (including phenoxy) is 1. The Hall–Kier alpha value is -2.56. The summed E-state index contributed by atoms with van der Waals surface area (Å²) in [5, 5.41) is 10.4. The molecular formula is C21H23NO3. The van der Waals surface area contributed by atoms with Gasteiger partial charge >= 0.3 is 0 Å². The van der Waals surface area contributed by atoms with Crippen molar-refractivity contribution in [3.05, 3.63) is 90.4 Å². The minimum Gasteiger partial charge on any atom is -0.491 e. The third kappa shape index (κ3) is 5.78. The zero-order chi connectivity index (χ0) is 17.3. The second-order valence-corrected chi connectivity index (χ2v) is 6.01. The Balaban J connectivity index is 1.58. The molecule has 1 unspecified atom stereocenters. The number of aliphatic hydroxyl groups is 1. The van der Waals surface area contributed by atoms with Crippen molar-refractivity contribution < 1.29 is 14.3 Å². The fourth-order valence-electron chi connectivity index (χ4n) is 2.71. The molecule has 0 spiro atoms. The first-order valence-corrected chi connectivity index (χ1v) is 8.44. The largest absolute Gasteiger partial charge is 0.491 e. The van der Waals surface area contributed by atoms with Crippen molar-refractivity contribution >= 4 is 0 Å². The topological polar surface area (TPSA) is 45.8 Å². The van der Waals surface area contributed by atoms with Crippen LogP contribution in [0.15, 0.2) is 83.5 Å². The van der Waals surface area contributed by atoms with E-state index in [9.17, 15) is 5.11 Å².